The van der Waals surface area contributed by atoms with Crippen LogP contribution < -0.4 is 4.72 Å². The molecule has 0 aliphatic heterocycles. The Bertz CT molecular complexity index is 924. The second-order valence-corrected chi connectivity index (χ2v) is 7.66. The molecule has 0 atom stereocenters. The summed E-state index contributed by atoms with van der Waals surface area (Å²) < 4.78 is 27.5. The average molecular weight is 341 g/mol. The normalized spacial score (nSPS) is 11.7. The lowest BCUT2D eigenvalue weighted by atomic mass is 10.3. The fourth-order valence-electron chi connectivity index (χ4n) is 1.83. The van der Waals surface area contributed by atoms with Gasteiger partial charge in [-0.25, -0.2) is 13.4 Å². The van der Waals surface area contributed by atoms with Gasteiger partial charge in [-0.1, -0.05) is 22.9 Å². The molecule has 0 saturated heterocycles. The van der Waals surface area contributed by atoms with E-state index in [2.05, 4.69) is 19.7 Å². The van der Waals surface area contributed by atoms with Gasteiger partial charge in [-0.05, 0) is 25.1 Å². The van der Waals surface area contributed by atoms with Gasteiger partial charge < -0.3 is 0 Å². The summed E-state index contributed by atoms with van der Waals surface area (Å²) in [4.78, 5) is 12.2. The summed E-state index contributed by atoms with van der Waals surface area (Å²) in [5, 5.41) is 0. The van der Waals surface area contributed by atoms with Crippen molar-refractivity contribution < 1.29 is 8.42 Å². The number of hydrogen-bond donors (Lipinski definition) is 1. The molecule has 21 heavy (non-hydrogen) atoms. The fraction of sp³-hybridized carbons (Fsp3) is 0.0833. The van der Waals surface area contributed by atoms with Crippen LogP contribution in [0.1, 0.15) is 5.69 Å². The van der Waals surface area contributed by atoms with Gasteiger partial charge in [0.05, 0.1) is 22.4 Å². The minimum absolute atomic E-state index is 0.103. The maximum Gasteiger partial charge on any atom is 0.273 e. The lowest BCUT2D eigenvalue weighted by Gasteiger charge is -2.07. The van der Waals surface area contributed by atoms with E-state index in [1.165, 1.54) is 0 Å². The highest BCUT2D eigenvalue weighted by molar-refractivity contribution is 7.94. The minimum Gasteiger partial charge on any atom is -0.279 e. The molecule has 0 aliphatic rings. The van der Waals surface area contributed by atoms with Gasteiger partial charge in [0.15, 0.2) is 8.68 Å². The zero-order chi connectivity index (χ0) is 15.0. The van der Waals surface area contributed by atoms with Crippen LogP contribution >= 0.6 is 22.9 Å². The quantitative estimate of drug-likeness (QED) is 0.792. The van der Waals surface area contributed by atoms with E-state index in [1.54, 1.807) is 37.5 Å². The lowest BCUT2D eigenvalue weighted by molar-refractivity contribution is 0.602. The molecule has 0 unspecified atom stereocenters. The van der Waals surface area contributed by atoms with E-state index in [0.717, 1.165) is 11.3 Å². The topological polar surface area (TPSA) is 84.8 Å². The molecule has 0 bridgehead atoms. The first kappa shape index (κ1) is 14.2. The molecule has 0 fully saturated rings. The Morgan fingerprint density at radius 2 is 1.90 bits per heavy atom. The molecule has 9 heteroatoms. The molecule has 6 nitrogen and oxygen atoms in total. The van der Waals surface area contributed by atoms with Crippen LogP contribution in [0.4, 0.5) is 5.69 Å². The summed E-state index contributed by atoms with van der Waals surface area (Å²) in [7, 11) is -3.72. The van der Waals surface area contributed by atoms with Crippen LogP contribution in [0, 0.1) is 6.92 Å². The molecule has 0 amide bonds. The zero-order valence-corrected chi connectivity index (χ0v) is 13.1. The number of halogens is 1. The largest absolute Gasteiger partial charge is 0.279 e. The Balaban J connectivity index is 1.99. The number of aryl methyl sites for hydroxylation is 1. The fourth-order valence-corrected chi connectivity index (χ4v) is 4.62. The highest BCUT2D eigenvalue weighted by Crippen LogP contribution is 2.28. The van der Waals surface area contributed by atoms with Crippen molar-refractivity contribution in [1.82, 2.24) is 15.0 Å². The molecule has 0 aliphatic carbocycles. The van der Waals surface area contributed by atoms with Crippen molar-refractivity contribution in [2.24, 2.45) is 0 Å². The van der Waals surface area contributed by atoms with E-state index in [9.17, 15) is 8.42 Å². The Morgan fingerprint density at radius 3 is 2.57 bits per heavy atom. The lowest BCUT2D eigenvalue weighted by Crippen LogP contribution is -2.12. The predicted octanol–water partition coefficient (Wildman–Crippen LogP) is 2.85. The van der Waals surface area contributed by atoms with Gasteiger partial charge in [0.1, 0.15) is 0 Å². The maximum absolute atomic E-state index is 12.3. The maximum atomic E-state index is 12.3. The number of rotatable bonds is 3. The third kappa shape index (κ3) is 2.82. The molecule has 3 rings (SSSR count). The molecule has 2 heterocycles. The SMILES string of the molecule is Cc1nc(Cl)sc1S(=O)(=O)Nc1ccc2nccnc2c1. The molecule has 0 spiro atoms. The van der Waals surface area contributed by atoms with Crippen molar-refractivity contribution in [1.29, 1.82) is 0 Å². The summed E-state index contributed by atoms with van der Waals surface area (Å²) in [6.45, 7) is 1.60. The molecular formula is C12H9ClN4O2S2. The van der Waals surface area contributed by atoms with Crippen molar-refractivity contribution >= 4 is 49.7 Å². The highest BCUT2D eigenvalue weighted by Gasteiger charge is 2.21. The van der Waals surface area contributed by atoms with Crippen molar-refractivity contribution in [2.75, 3.05) is 4.72 Å². The van der Waals surface area contributed by atoms with E-state index in [-0.39, 0.29) is 8.68 Å². The van der Waals surface area contributed by atoms with Crippen LogP contribution in [-0.2, 0) is 10.0 Å². The second-order valence-electron chi connectivity index (χ2n) is 4.21. The summed E-state index contributed by atoms with van der Waals surface area (Å²) >= 11 is 6.67. The molecule has 1 aromatic carbocycles. The van der Waals surface area contributed by atoms with Crippen LogP contribution in [0.25, 0.3) is 11.0 Å². The Kier molecular flexibility index (Phi) is 3.52. The first-order valence-corrected chi connectivity index (χ1v) is 8.50. The van der Waals surface area contributed by atoms with E-state index in [0.29, 0.717) is 22.4 Å². The van der Waals surface area contributed by atoms with Crippen molar-refractivity contribution in [3.63, 3.8) is 0 Å². The first-order valence-electron chi connectivity index (χ1n) is 5.82. The van der Waals surface area contributed by atoms with E-state index < -0.39 is 10.0 Å². The first-order chi connectivity index (χ1) is 9.95. The summed E-state index contributed by atoms with van der Waals surface area (Å²) in [6, 6.07) is 4.96. The number of hydrogen-bond acceptors (Lipinski definition) is 6. The molecule has 108 valence electrons. The van der Waals surface area contributed by atoms with E-state index >= 15 is 0 Å². The third-order valence-electron chi connectivity index (χ3n) is 2.69. The summed E-state index contributed by atoms with van der Waals surface area (Å²) in [6.07, 6.45) is 3.13. The van der Waals surface area contributed by atoms with Gasteiger partial charge in [0, 0.05) is 12.4 Å². The Hall–Kier alpha value is -1.77. The number of nitrogens with zero attached hydrogens (tertiary/aromatic N) is 3. The van der Waals surface area contributed by atoms with Gasteiger partial charge in [0.2, 0.25) is 0 Å². The number of thiazole rings is 1. The standard InChI is InChI=1S/C12H9ClN4O2S2/c1-7-11(20-12(13)16-7)21(18,19)17-8-2-3-9-10(6-8)15-5-4-14-9/h2-6,17H,1H3. The Labute approximate surface area is 129 Å². The highest BCUT2D eigenvalue weighted by atomic mass is 35.5. The second kappa shape index (κ2) is 5.21. The van der Waals surface area contributed by atoms with Crippen LogP contribution in [-0.4, -0.2) is 23.4 Å². The number of benzene rings is 1. The average Bonchev–Trinajstić information content (AvgIpc) is 2.78. The molecule has 2 aromatic heterocycles. The van der Waals surface area contributed by atoms with Crippen molar-refractivity contribution in [3.8, 4) is 0 Å². The monoisotopic (exact) mass is 340 g/mol. The van der Waals surface area contributed by atoms with Gasteiger partial charge in [0.25, 0.3) is 10.0 Å². The van der Waals surface area contributed by atoms with E-state index in [1.807, 2.05) is 0 Å². The van der Waals surface area contributed by atoms with Crippen LogP contribution in [0.15, 0.2) is 34.8 Å². The zero-order valence-electron chi connectivity index (χ0n) is 10.7. The molecule has 3 aromatic rings. The predicted molar refractivity (Wildman–Crippen MR) is 82.2 cm³/mol. The number of fused-ring (bicyclic) bond motifs is 1. The number of anilines is 1. The van der Waals surface area contributed by atoms with Gasteiger partial charge in [-0.2, -0.15) is 0 Å². The molecule has 1 N–H and O–H groups in total. The van der Waals surface area contributed by atoms with Crippen molar-refractivity contribution in [2.45, 2.75) is 11.1 Å². The molecule has 0 saturated carbocycles. The van der Waals surface area contributed by atoms with Crippen LogP contribution in [0.3, 0.4) is 0 Å². The van der Waals surface area contributed by atoms with Gasteiger partial charge in [-0.3, -0.25) is 14.7 Å². The van der Waals surface area contributed by atoms with E-state index in [4.69, 9.17) is 11.6 Å². The number of aromatic nitrogens is 3. The van der Waals surface area contributed by atoms with Crippen LogP contribution in [0.2, 0.25) is 4.47 Å². The molecular weight excluding hydrogens is 332 g/mol. The summed E-state index contributed by atoms with van der Waals surface area (Å²) in [5.74, 6) is 0. The summed E-state index contributed by atoms with van der Waals surface area (Å²) in [5.41, 5.74) is 2.08. The van der Waals surface area contributed by atoms with Gasteiger partial charge >= 0.3 is 0 Å². The van der Waals surface area contributed by atoms with Gasteiger partial charge in [-0.15, -0.1) is 0 Å². The Morgan fingerprint density at radius 1 is 1.19 bits per heavy atom. The van der Waals surface area contributed by atoms with Crippen LogP contribution in [0.5, 0.6) is 0 Å². The molecule has 0 radical (unpaired) electrons. The number of sulfonamides is 1. The third-order valence-corrected chi connectivity index (χ3v) is 5.95. The minimum atomic E-state index is -3.72. The van der Waals surface area contributed by atoms with Crippen molar-refractivity contribution in [3.05, 3.63) is 40.8 Å². The smallest absolute Gasteiger partial charge is 0.273 e. The number of nitrogens with one attached hydrogen (secondary N) is 1.